The van der Waals surface area contributed by atoms with Crippen LogP contribution in [0.4, 0.5) is 5.95 Å². The van der Waals surface area contributed by atoms with Crippen molar-refractivity contribution in [1.82, 2.24) is 19.5 Å². The van der Waals surface area contributed by atoms with Crippen molar-refractivity contribution < 1.29 is 24.1 Å². The number of H-pyrrole nitrogens is 1. The number of aliphatic hydroxyl groups is 1. The highest BCUT2D eigenvalue weighted by Gasteiger charge is 2.20. The molecule has 2 rings (SSSR count). The molecular formula is C15H24N6O6. The minimum absolute atomic E-state index is 0.0114. The third kappa shape index (κ3) is 5.47. The number of nitrogens with two attached hydrogens (primary N) is 2. The van der Waals surface area contributed by atoms with Gasteiger partial charge in [-0.25, -0.2) is 4.98 Å². The minimum atomic E-state index is -0.760. The van der Waals surface area contributed by atoms with Gasteiger partial charge in [-0.2, -0.15) is 4.98 Å². The van der Waals surface area contributed by atoms with E-state index in [0.717, 1.165) is 0 Å². The van der Waals surface area contributed by atoms with E-state index >= 15 is 0 Å². The van der Waals surface area contributed by atoms with E-state index in [0.29, 0.717) is 0 Å². The molecule has 0 unspecified atom stereocenters. The van der Waals surface area contributed by atoms with Gasteiger partial charge in [0.25, 0.3) is 5.56 Å². The van der Waals surface area contributed by atoms with E-state index in [2.05, 4.69) is 15.0 Å². The van der Waals surface area contributed by atoms with Crippen molar-refractivity contribution in [2.24, 2.45) is 11.7 Å². The number of aromatic nitrogens is 4. The Kier molecular flexibility index (Phi) is 7.24. The van der Waals surface area contributed by atoms with Gasteiger partial charge in [0.1, 0.15) is 32.3 Å². The lowest BCUT2D eigenvalue weighted by Crippen LogP contribution is -2.39. The predicted molar refractivity (Wildman–Crippen MR) is 94.2 cm³/mol. The molecule has 0 spiro atoms. The Morgan fingerprint density at radius 2 is 2.19 bits per heavy atom. The van der Waals surface area contributed by atoms with Gasteiger partial charge in [-0.15, -0.1) is 0 Å². The van der Waals surface area contributed by atoms with Crippen LogP contribution in [0.15, 0.2) is 11.1 Å². The Labute approximate surface area is 154 Å². The second kappa shape index (κ2) is 9.41. The minimum Gasteiger partial charge on any atom is -0.462 e. The van der Waals surface area contributed by atoms with Crippen LogP contribution in [-0.2, 0) is 25.7 Å². The van der Waals surface area contributed by atoms with Gasteiger partial charge in [0.2, 0.25) is 5.95 Å². The fraction of sp³-hybridized carbons (Fsp3) is 0.600. The third-order valence-corrected chi connectivity index (χ3v) is 3.72. The number of rotatable bonds is 10. The molecule has 0 aliphatic heterocycles. The normalized spacial score (nSPS) is 13.8. The van der Waals surface area contributed by atoms with Crippen molar-refractivity contribution in [3.8, 4) is 0 Å². The van der Waals surface area contributed by atoms with Crippen LogP contribution in [0, 0.1) is 5.92 Å². The van der Waals surface area contributed by atoms with Crippen LogP contribution in [0.5, 0.6) is 0 Å². The zero-order valence-electron chi connectivity index (χ0n) is 15.1. The van der Waals surface area contributed by atoms with E-state index < -0.39 is 23.7 Å². The largest absolute Gasteiger partial charge is 0.462 e. The predicted octanol–water partition coefficient (Wildman–Crippen LogP) is -1.46. The lowest BCUT2D eigenvalue weighted by molar-refractivity contribution is -0.161. The summed E-state index contributed by atoms with van der Waals surface area (Å²) < 4.78 is 17.1. The number of hydrogen-bond acceptors (Lipinski definition) is 10. The van der Waals surface area contributed by atoms with Crippen molar-refractivity contribution in [2.75, 3.05) is 25.7 Å². The number of ether oxygens (including phenoxy) is 3. The number of carbonyl (C=O) groups excluding carboxylic acids is 1. The summed E-state index contributed by atoms with van der Waals surface area (Å²) in [6, 6.07) is -0.738. The number of esters is 1. The lowest BCUT2D eigenvalue weighted by Gasteiger charge is -2.18. The van der Waals surface area contributed by atoms with Gasteiger partial charge in [0, 0.05) is 0 Å². The van der Waals surface area contributed by atoms with Crippen LogP contribution < -0.4 is 17.0 Å². The third-order valence-electron chi connectivity index (χ3n) is 3.72. The summed E-state index contributed by atoms with van der Waals surface area (Å²) in [5.41, 5.74) is 11.1. The molecule has 2 atom stereocenters. The first-order valence-corrected chi connectivity index (χ1v) is 8.26. The Balaban J connectivity index is 1.80. The fourth-order valence-corrected chi connectivity index (χ4v) is 2.04. The van der Waals surface area contributed by atoms with Gasteiger partial charge < -0.3 is 30.8 Å². The smallest absolute Gasteiger partial charge is 0.323 e. The van der Waals surface area contributed by atoms with Crippen LogP contribution in [0.25, 0.3) is 11.2 Å². The summed E-state index contributed by atoms with van der Waals surface area (Å²) in [4.78, 5) is 33.7. The molecule has 0 aromatic carbocycles. The Morgan fingerprint density at radius 1 is 1.44 bits per heavy atom. The number of imidazole rings is 1. The lowest BCUT2D eigenvalue weighted by atomic mass is 10.1. The van der Waals surface area contributed by atoms with Crippen LogP contribution in [0.1, 0.15) is 13.8 Å². The molecule has 12 heteroatoms. The fourth-order valence-electron chi connectivity index (χ4n) is 2.04. The number of aromatic amines is 1. The van der Waals surface area contributed by atoms with E-state index in [-0.39, 0.29) is 49.8 Å². The summed E-state index contributed by atoms with van der Waals surface area (Å²) in [5, 5.41) is 9.29. The topological polar surface area (TPSA) is 181 Å². The van der Waals surface area contributed by atoms with Gasteiger partial charge in [0.15, 0.2) is 11.2 Å². The van der Waals surface area contributed by atoms with Gasteiger partial charge in [0.05, 0.1) is 12.9 Å². The Hall–Kier alpha value is -2.54. The zero-order chi connectivity index (χ0) is 20.0. The Bertz CT molecular complexity index is 819. The molecule has 0 saturated carbocycles. The molecule has 0 saturated heterocycles. The number of aliphatic hydroxyl groups excluding tert-OH is 1. The monoisotopic (exact) mass is 384 g/mol. The van der Waals surface area contributed by atoms with Gasteiger partial charge in [-0.05, 0) is 5.92 Å². The quantitative estimate of drug-likeness (QED) is 0.215. The summed E-state index contributed by atoms with van der Waals surface area (Å²) in [5.74, 6) is -0.659. The molecule has 2 aromatic rings. The molecule has 2 heterocycles. The molecule has 0 fully saturated rings. The second-order valence-corrected chi connectivity index (χ2v) is 6.16. The maximum Gasteiger partial charge on any atom is 0.323 e. The number of nitrogen functional groups attached to an aromatic ring is 1. The van der Waals surface area contributed by atoms with Gasteiger partial charge in [-0.1, -0.05) is 13.8 Å². The molecule has 0 radical (unpaired) electrons. The molecule has 27 heavy (non-hydrogen) atoms. The molecule has 0 aliphatic carbocycles. The summed E-state index contributed by atoms with van der Waals surface area (Å²) in [6.45, 7) is 2.88. The van der Waals surface area contributed by atoms with Crippen LogP contribution >= 0.6 is 0 Å². The van der Waals surface area contributed by atoms with Crippen molar-refractivity contribution in [2.45, 2.75) is 32.7 Å². The SMILES string of the molecule is CC(C)[C@@H](N)C(=O)OC[C@H](CO)OCOCn1cnc2c(=O)[nH]c(N)nc21. The van der Waals surface area contributed by atoms with Gasteiger partial charge >= 0.3 is 5.97 Å². The summed E-state index contributed by atoms with van der Waals surface area (Å²) in [6.07, 6.45) is 0.620. The second-order valence-electron chi connectivity index (χ2n) is 6.16. The number of nitrogens with one attached hydrogen (secondary N) is 1. The Morgan fingerprint density at radius 3 is 2.85 bits per heavy atom. The summed E-state index contributed by atoms with van der Waals surface area (Å²) in [7, 11) is 0. The molecule has 12 nitrogen and oxygen atoms in total. The molecule has 2 aromatic heterocycles. The van der Waals surface area contributed by atoms with E-state index in [4.69, 9.17) is 25.7 Å². The van der Waals surface area contributed by atoms with E-state index in [1.165, 1.54) is 10.9 Å². The van der Waals surface area contributed by atoms with E-state index in [9.17, 15) is 14.7 Å². The zero-order valence-corrected chi connectivity index (χ0v) is 15.1. The molecule has 6 N–H and O–H groups in total. The standard InChI is InChI=1S/C15H24N6O6/c1-8(2)10(16)14(24)26-4-9(3-22)27-7-25-6-21-5-18-11-12(21)19-15(17)20-13(11)23/h5,8-10,22H,3-4,6-7,16H2,1-2H3,(H3,17,19,20,23)/t9-,10+/m0/s1. The molecule has 0 aliphatic rings. The molecule has 0 amide bonds. The van der Waals surface area contributed by atoms with E-state index in [1.807, 2.05) is 0 Å². The van der Waals surface area contributed by atoms with Crippen molar-refractivity contribution in [3.63, 3.8) is 0 Å². The van der Waals surface area contributed by atoms with Crippen LogP contribution in [0.3, 0.4) is 0 Å². The van der Waals surface area contributed by atoms with Crippen molar-refractivity contribution >= 4 is 23.1 Å². The maximum atomic E-state index is 11.7. The number of hydrogen-bond donors (Lipinski definition) is 4. The van der Waals surface area contributed by atoms with Crippen LogP contribution in [-0.4, -0.2) is 62.7 Å². The average Bonchev–Trinajstić information content (AvgIpc) is 3.03. The van der Waals surface area contributed by atoms with Crippen molar-refractivity contribution in [3.05, 3.63) is 16.7 Å². The number of anilines is 1. The maximum absolute atomic E-state index is 11.7. The molecule has 150 valence electrons. The average molecular weight is 384 g/mol. The van der Waals surface area contributed by atoms with E-state index in [1.54, 1.807) is 13.8 Å². The summed E-state index contributed by atoms with van der Waals surface area (Å²) >= 11 is 0. The number of nitrogens with zero attached hydrogens (tertiary/aromatic N) is 3. The molecule has 0 bridgehead atoms. The highest BCUT2D eigenvalue weighted by Crippen LogP contribution is 2.07. The number of carbonyl (C=O) groups is 1. The number of fused-ring (bicyclic) bond motifs is 1. The first kappa shape index (κ1) is 20.8. The first-order chi connectivity index (χ1) is 12.8. The highest BCUT2D eigenvalue weighted by molar-refractivity contribution is 5.75. The highest BCUT2D eigenvalue weighted by atomic mass is 16.7. The van der Waals surface area contributed by atoms with Crippen LogP contribution in [0.2, 0.25) is 0 Å². The van der Waals surface area contributed by atoms with Crippen molar-refractivity contribution in [1.29, 1.82) is 0 Å². The molecular weight excluding hydrogens is 360 g/mol. The first-order valence-electron chi connectivity index (χ1n) is 8.26. The van der Waals surface area contributed by atoms with Gasteiger partial charge in [-0.3, -0.25) is 19.1 Å².